The van der Waals surface area contributed by atoms with Crippen LogP contribution in [-0.2, 0) is 16.0 Å². The van der Waals surface area contributed by atoms with Crippen molar-refractivity contribution in [1.82, 2.24) is 15.2 Å². The smallest absolute Gasteiger partial charge is 0.224 e. The topological polar surface area (TPSA) is 75.4 Å². The summed E-state index contributed by atoms with van der Waals surface area (Å²) in [5.41, 5.74) is 2.17. The first-order chi connectivity index (χ1) is 14.5. The molecular formula is C24H33N3O3. The van der Waals surface area contributed by atoms with Gasteiger partial charge in [0, 0.05) is 37.5 Å². The largest absolute Gasteiger partial charge is 0.441 e. The number of oxazole rings is 1. The van der Waals surface area contributed by atoms with Crippen molar-refractivity contribution in [2.24, 2.45) is 5.92 Å². The maximum atomic E-state index is 12.8. The van der Waals surface area contributed by atoms with Crippen LogP contribution in [0.15, 0.2) is 34.9 Å². The highest BCUT2D eigenvalue weighted by Crippen LogP contribution is 2.24. The molecule has 1 N–H and O–H groups in total. The molecule has 1 aliphatic rings. The lowest BCUT2D eigenvalue weighted by Crippen LogP contribution is -2.49. The van der Waals surface area contributed by atoms with E-state index in [0.717, 1.165) is 31.2 Å². The number of carbonyl (C=O) groups is 2. The maximum Gasteiger partial charge on any atom is 0.224 e. The van der Waals surface area contributed by atoms with E-state index in [0.29, 0.717) is 37.6 Å². The average molecular weight is 412 g/mol. The van der Waals surface area contributed by atoms with E-state index in [-0.39, 0.29) is 23.8 Å². The normalized spacial score (nSPS) is 19.0. The summed E-state index contributed by atoms with van der Waals surface area (Å²) in [7, 11) is 0. The number of piperidine rings is 1. The van der Waals surface area contributed by atoms with E-state index in [2.05, 4.69) is 24.1 Å². The Bertz CT molecular complexity index is 844. The number of aryl methyl sites for hydroxylation is 2. The molecule has 2 unspecified atom stereocenters. The third kappa shape index (κ3) is 5.71. The van der Waals surface area contributed by atoms with Crippen molar-refractivity contribution < 1.29 is 14.0 Å². The third-order valence-corrected chi connectivity index (χ3v) is 5.85. The number of carbonyl (C=O) groups excluding carboxylic acids is 2. The summed E-state index contributed by atoms with van der Waals surface area (Å²) in [6.45, 7) is 7.42. The molecule has 1 aromatic heterocycles. The molecule has 2 amide bonds. The molecule has 1 aliphatic heterocycles. The number of rotatable bonds is 8. The van der Waals surface area contributed by atoms with Crippen LogP contribution in [-0.4, -0.2) is 40.8 Å². The van der Waals surface area contributed by atoms with Crippen LogP contribution in [0.1, 0.15) is 57.4 Å². The molecule has 0 bridgehead atoms. The van der Waals surface area contributed by atoms with Gasteiger partial charge in [-0.2, -0.15) is 0 Å². The number of likely N-dealkylation sites (tertiary alicyclic amines) is 1. The summed E-state index contributed by atoms with van der Waals surface area (Å²) >= 11 is 0. The zero-order valence-electron chi connectivity index (χ0n) is 18.3. The summed E-state index contributed by atoms with van der Waals surface area (Å²) in [5, 5.41) is 3.01. The molecule has 162 valence electrons. The number of benzene rings is 1. The lowest BCUT2D eigenvalue weighted by atomic mass is 9.92. The lowest BCUT2D eigenvalue weighted by Gasteiger charge is -2.37. The standard InChI is InChI=1S/C24H33N3O3/c1-4-5-14-25-24(29)20-11-8-18(3)27(16-20)23(28)13-12-22-26-15-21(30-22)19-9-6-17(2)7-10-19/h6-7,9-10,15,18,20H,4-5,8,11-14,16H2,1-3H3,(H,25,29). The fraction of sp³-hybridized carbons (Fsp3) is 0.542. The average Bonchev–Trinajstić information content (AvgIpc) is 3.22. The quantitative estimate of drug-likeness (QED) is 0.663. The fourth-order valence-electron chi connectivity index (χ4n) is 3.84. The first-order valence-corrected chi connectivity index (χ1v) is 11.1. The van der Waals surface area contributed by atoms with Crippen molar-refractivity contribution in [3.63, 3.8) is 0 Å². The van der Waals surface area contributed by atoms with Crippen LogP contribution in [0.3, 0.4) is 0 Å². The molecule has 6 nitrogen and oxygen atoms in total. The third-order valence-electron chi connectivity index (χ3n) is 5.85. The molecule has 0 aliphatic carbocycles. The van der Waals surface area contributed by atoms with Crippen LogP contribution >= 0.6 is 0 Å². The summed E-state index contributed by atoms with van der Waals surface area (Å²) in [6.07, 6.45) is 6.24. The van der Waals surface area contributed by atoms with Crippen molar-refractivity contribution in [2.75, 3.05) is 13.1 Å². The molecule has 1 fully saturated rings. The van der Waals surface area contributed by atoms with Crippen LogP contribution < -0.4 is 5.32 Å². The molecule has 6 heteroatoms. The minimum Gasteiger partial charge on any atom is -0.441 e. The number of amides is 2. The van der Waals surface area contributed by atoms with Crippen molar-refractivity contribution in [1.29, 1.82) is 0 Å². The second-order valence-corrected chi connectivity index (χ2v) is 8.30. The van der Waals surface area contributed by atoms with Crippen LogP contribution in [0.2, 0.25) is 0 Å². The highest BCUT2D eigenvalue weighted by atomic mass is 16.4. The Morgan fingerprint density at radius 3 is 2.73 bits per heavy atom. The molecule has 2 atom stereocenters. The molecular weight excluding hydrogens is 378 g/mol. The Labute approximate surface area is 179 Å². The van der Waals surface area contributed by atoms with Gasteiger partial charge in [-0.1, -0.05) is 43.2 Å². The van der Waals surface area contributed by atoms with Gasteiger partial charge >= 0.3 is 0 Å². The fourth-order valence-corrected chi connectivity index (χ4v) is 3.84. The van der Waals surface area contributed by atoms with Crippen molar-refractivity contribution in [2.45, 2.75) is 65.3 Å². The number of hydrogen-bond donors (Lipinski definition) is 1. The number of nitrogens with zero attached hydrogens (tertiary/aromatic N) is 2. The Kier molecular flexibility index (Phi) is 7.66. The molecule has 0 radical (unpaired) electrons. The van der Waals surface area contributed by atoms with E-state index in [4.69, 9.17) is 4.42 Å². The molecule has 0 saturated carbocycles. The highest BCUT2D eigenvalue weighted by molar-refractivity contribution is 5.81. The number of nitrogens with one attached hydrogen (secondary N) is 1. The Hall–Kier alpha value is -2.63. The SMILES string of the molecule is CCCCNC(=O)C1CCC(C)N(C(=O)CCc2ncc(-c3ccc(C)cc3)o2)C1. The molecule has 2 aromatic rings. The first-order valence-electron chi connectivity index (χ1n) is 11.1. The first kappa shape index (κ1) is 22.1. The van der Waals surface area contributed by atoms with Gasteiger partial charge in [0.05, 0.1) is 12.1 Å². The monoisotopic (exact) mass is 411 g/mol. The lowest BCUT2D eigenvalue weighted by molar-refractivity contribution is -0.138. The van der Waals surface area contributed by atoms with E-state index in [9.17, 15) is 9.59 Å². The van der Waals surface area contributed by atoms with Gasteiger partial charge in [-0.25, -0.2) is 4.98 Å². The molecule has 2 heterocycles. The summed E-state index contributed by atoms with van der Waals surface area (Å²) in [6, 6.07) is 8.24. The Morgan fingerprint density at radius 1 is 1.23 bits per heavy atom. The molecule has 0 spiro atoms. The van der Waals surface area contributed by atoms with Gasteiger partial charge in [0.1, 0.15) is 0 Å². The Balaban J connectivity index is 1.53. The van der Waals surface area contributed by atoms with Gasteiger partial charge in [-0.15, -0.1) is 0 Å². The van der Waals surface area contributed by atoms with Gasteiger partial charge in [0.25, 0.3) is 0 Å². The molecule has 3 rings (SSSR count). The van der Waals surface area contributed by atoms with Crippen molar-refractivity contribution >= 4 is 11.8 Å². The predicted octanol–water partition coefficient (Wildman–Crippen LogP) is 4.13. The maximum absolute atomic E-state index is 12.8. The number of unbranched alkanes of at least 4 members (excludes halogenated alkanes) is 1. The number of aromatic nitrogens is 1. The van der Waals surface area contributed by atoms with E-state index >= 15 is 0 Å². The van der Waals surface area contributed by atoms with Crippen LogP contribution in [0.4, 0.5) is 0 Å². The van der Waals surface area contributed by atoms with Gasteiger partial charge in [0.15, 0.2) is 11.7 Å². The van der Waals surface area contributed by atoms with Gasteiger partial charge < -0.3 is 14.6 Å². The van der Waals surface area contributed by atoms with Gasteiger partial charge in [0.2, 0.25) is 11.8 Å². The van der Waals surface area contributed by atoms with Crippen LogP contribution in [0.5, 0.6) is 0 Å². The Morgan fingerprint density at radius 2 is 2.00 bits per heavy atom. The van der Waals surface area contributed by atoms with E-state index in [1.165, 1.54) is 5.56 Å². The minimum absolute atomic E-state index is 0.0589. The van der Waals surface area contributed by atoms with Crippen LogP contribution in [0.25, 0.3) is 11.3 Å². The van der Waals surface area contributed by atoms with Gasteiger partial charge in [-0.3, -0.25) is 9.59 Å². The molecule has 1 saturated heterocycles. The van der Waals surface area contributed by atoms with Crippen molar-refractivity contribution in [3.8, 4) is 11.3 Å². The summed E-state index contributed by atoms with van der Waals surface area (Å²) < 4.78 is 5.84. The van der Waals surface area contributed by atoms with E-state index < -0.39 is 0 Å². The zero-order valence-corrected chi connectivity index (χ0v) is 18.3. The minimum atomic E-state index is -0.114. The second kappa shape index (κ2) is 10.4. The summed E-state index contributed by atoms with van der Waals surface area (Å²) in [5.74, 6) is 1.30. The zero-order chi connectivity index (χ0) is 21.5. The predicted molar refractivity (Wildman–Crippen MR) is 117 cm³/mol. The molecule has 30 heavy (non-hydrogen) atoms. The highest BCUT2D eigenvalue weighted by Gasteiger charge is 2.32. The number of hydrogen-bond acceptors (Lipinski definition) is 4. The van der Waals surface area contributed by atoms with Crippen LogP contribution in [0, 0.1) is 12.8 Å². The summed E-state index contributed by atoms with van der Waals surface area (Å²) in [4.78, 5) is 31.5. The van der Waals surface area contributed by atoms with Gasteiger partial charge in [-0.05, 0) is 33.1 Å². The van der Waals surface area contributed by atoms with E-state index in [1.54, 1.807) is 6.20 Å². The molecule has 1 aromatic carbocycles. The van der Waals surface area contributed by atoms with Crippen molar-refractivity contribution in [3.05, 3.63) is 41.9 Å². The second-order valence-electron chi connectivity index (χ2n) is 8.30. The van der Waals surface area contributed by atoms with E-state index in [1.807, 2.05) is 36.1 Å².